The molecule has 0 aliphatic heterocycles. The van der Waals surface area contributed by atoms with Crippen LogP contribution in [0.25, 0.3) is 10.4 Å². The molecule has 0 saturated carbocycles. The van der Waals surface area contributed by atoms with E-state index in [1.807, 2.05) is 45.3 Å². The number of unbranched alkanes of at least 4 members (excludes halogenated alkanes) is 1. The van der Waals surface area contributed by atoms with Crippen LogP contribution in [0.5, 0.6) is 11.5 Å². The second-order valence-corrected chi connectivity index (χ2v) is 8.77. The molecule has 0 saturated heterocycles. The van der Waals surface area contributed by atoms with Gasteiger partial charge in [0, 0.05) is 40.3 Å². The van der Waals surface area contributed by atoms with Crippen LogP contribution < -0.4 is 4.74 Å². The molecule has 2 rings (SSSR count). The van der Waals surface area contributed by atoms with E-state index >= 15 is 0 Å². The monoisotopic (exact) mass is 381 g/mol. The second kappa shape index (κ2) is 10.7. The number of phenols is 1. The third kappa shape index (κ3) is 5.76. The van der Waals surface area contributed by atoms with Crippen LogP contribution in [0.2, 0.25) is 0 Å². The van der Waals surface area contributed by atoms with Crippen molar-refractivity contribution in [3.8, 4) is 21.9 Å². The van der Waals surface area contributed by atoms with Crippen molar-refractivity contribution in [3.05, 3.63) is 35.2 Å². The summed E-state index contributed by atoms with van der Waals surface area (Å²) < 4.78 is 5.23. The maximum atomic E-state index is 10.0. The Morgan fingerprint density at radius 1 is 1.29 bits per heavy atom. The molecule has 0 aliphatic rings. The van der Waals surface area contributed by atoms with Crippen LogP contribution in [-0.4, -0.2) is 36.5 Å². The fourth-order valence-corrected chi connectivity index (χ4v) is 4.95. The van der Waals surface area contributed by atoms with E-state index < -0.39 is 0 Å². The summed E-state index contributed by atoms with van der Waals surface area (Å²) in [5, 5.41) is 12.1. The van der Waals surface area contributed by atoms with Crippen LogP contribution in [0.3, 0.4) is 0 Å². The molecule has 0 radical (unpaired) electrons. The van der Waals surface area contributed by atoms with Crippen molar-refractivity contribution in [3.63, 3.8) is 0 Å². The van der Waals surface area contributed by atoms with E-state index in [9.17, 15) is 5.11 Å². The molecule has 0 spiro atoms. The lowest BCUT2D eigenvalue weighted by atomic mass is 10.1. The highest BCUT2D eigenvalue weighted by Crippen LogP contribution is 2.36. The van der Waals surface area contributed by atoms with E-state index in [0.717, 1.165) is 28.3 Å². The number of aromatic hydroxyl groups is 1. The van der Waals surface area contributed by atoms with Crippen LogP contribution in [0.1, 0.15) is 25.3 Å². The summed E-state index contributed by atoms with van der Waals surface area (Å²) >= 11 is 1.66. The molecule has 6 heteroatoms. The molecule has 1 aromatic heterocycles. The zero-order chi connectivity index (χ0) is 17.2. The molecule has 1 heterocycles. The van der Waals surface area contributed by atoms with E-state index in [0.29, 0.717) is 5.75 Å². The van der Waals surface area contributed by atoms with E-state index in [-0.39, 0.29) is 5.75 Å². The zero-order valence-corrected chi connectivity index (χ0v) is 16.5. The summed E-state index contributed by atoms with van der Waals surface area (Å²) in [6.45, 7) is 2.99. The lowest BCUT2D eigenvalue weighted by Crippen LogP contribution is -1.93. The molecule has 24 heavy (non-hydrogen) atoms. The van der Waals surface area contributed by atoms with Crippen LogP contribution in [-0.2, 0) is 0 Å². The van der Waals surface area contributed by atoms with Crippen LogP contribution in [0.4, 0.5) is 0 Å². The molecular weight excluding hydrogens is 358 g/mol. The molecule has 1 N–H and O–H groups in total. The summed E-state index contributed by atoms with van der Waals surface area (Å²) in [6, 6.07) is 7.68. The number of thiophene rings is 1. The fraction of sp³-hybridized carbons (Fsp3) is 0.389. The standard InChI is InChI=1S/C18H23NO2S3/c1-3-4-9-23-24-10-7-19-13-14-11-16(20)17(21-2)12-15(14)18-6-5-8-22-18/h5-6,8,11-13,20H,3-4,7,9-10H2,1-2H3/b19-13+. The normalized spacial score (nSPS) is 11.2. The van der Waals surface area contributed by atoms with Gasteiger partial charge in [-0.15, -0.1) is 11.3 Å². The lowest BCUT2D eigenvalue weighted by molar-refractivity contribution is 0.373. The minimum Gasteiger partial charge on any atom is -0.504 e. The first-order valence-corrected chi connectivity index (χ1v) is 11.3. The number of rotatable bonds is 10. The summed E-state index contributed by atoms with van der Waals surface area (Å²) in [6.07, 6.45) is 4.37. The van der Waals surface area contributed by atoms with Gasteiger partial charge in [0.15, 0.2) is 11.5 Å². The van der Waals surface area contributed by atoms with Gasteiger partial charge in [0.25, 0.3) is 0 Å². The molecular formula is C18H23NO2S3. The van der Waals surface area contributed by atoms with Crippen molar-refractivity contribution in [2.75, 3.05) is 25.2 Å². The van der Waals surface area contributed by atoms with E-state index in [1.165, 1.54) is 18.6 Å². The predicted molar refractivity (Wildman–Crippen MR) is 110 cm³/mol. The Bertz CT molecular complexity index is 642. The minimum atomic E-state index is 0.142. The quantitative estimate of drug-likeness (QED) is 0.324. The van der Waals surface area contributed by atoms with E-state index in [1.54, 1.807) is 24.5 Å². The highest BCUT2D eigenvalue weighted by molar-refractivity contribution is 8.76. The highest BCUT2D eigenvalue weighted by atomic mass is 33.1. The average molecular weight is 382 g/mol. The van der Waals surface area contributed by atoms with Gasteiger partial charge in [0.05, 0.1) is 7.11 Å². The van der Waals surface area contributed by atoms with Crippen LogP contribution >= 0.6 is 32.9 Å². The van der Waals surface area contributed by atoms with Gasteiger partial charge in [-0.2, -0.15) is 0 Å². The first-order valence-electron chi connectivity index (χ1n) is 7.95. The zero-order valence-electron chi connectivity index (χ0n) is 14.0. The Labute approximate surface area is 155 Å². The minimum absolute atomic E-state index is 0.142. The van der Waals surface area contributed by atoms with Gasteiger partial charge in [-0.1, -0.05) is 41.0 Å². The topological polar surface area (TPSA) is 41.8 Å². The van der Waals surface area contributed by atoms with Crippen molar-refractivity contribution in [1.82, 2.24) is 0 Å². The van der Waals surface area contributed by atoms with Crippen molar-refractivity contribution in [2.24, 2.45) is 4.99 Å². The van der Waals surface area contributed by atoms with Crippen molar-refractivity contribution in [2.45, 2.75) is 19.8 Å². The van der Waals surface area contributed by atoms with E-state index in [2.05, 4.69) is 18.0 Å². The van der Waals surface area contributed by atoms with Gasteiger partial charge in [0.2, 0.25) is 0 Å². The number of methoxy groups -OCH3 is 1. The van der Waals surface area contributed by atoms with Gasteiger partial charge in [-0.3, -0.25) is 4.99 Å². The number of benzene rings is 1. The van der Waals surface area contributed by atoms with Crippen LogP contribution in [0, 0.1) is 0 Å². The van der Waals surface area contributed by atoms with E-state index in [4.69, 9.17) is 4.74 Å². The Kier molecular flexibility index (Phi) is 8.56. The first kappa shape index (κ1) is 19.2. The molecule has 0 bridgehead atoms. The average Bonchev–Trinajstić information content (AvgIpc) is 3.11. The van der Waals surface area contributed by atoms with Gasteiger partial charge in [-0.25, -0.2) is 0 Å². The second-order valence-electron chi connectivity index (χ2n) is 5.12. The lowest BCUT2D eigenvalue weighted by Gasteiger charge is -2.09. The molecule has 0 amide bonds. The third-order valence-electron chi connectivity index (χ3n) is 3.34. The number of phenolic OH excluding ortho intramolecular Hbond substituents is 1. The maximum Gasteiger partial charge on any atom is 0.161 e. The van der Waals surface area contributed by atoms with Crippen molar-refractivity contribution >= 4 is 39.1 Å². The summed E-state index contributed by atoms with van der Waals surface area (Å²) in [4.78, 5) is 5.66. The van der Waals surface area contributed by atoms with Crippen LogP contribution in [0.15, 0.2) is 34.6 Å². The number of aliphatic imine (C=N–C) groups is 1. The summed E-state index contributed by atoms with van der Waals surface area (Å²) in [7, 11) is 5.36. The van der Waals surface area contributed by atoms with Crippen molar-refractivity contribution in [1.29, 1.82) is 0 Å². The Hall–Kier alpha value is -1.11. The highest BCUT2D eigenvalue weighted by Gasteiger charge is 2.11. The first-order chi connectivity index (χ1) is 11.8. The largest absolute Gasteiger partial charge is 0.504 e. The Balaban J connectivity index is 2.01. The number of ether oxygens (including phenoxy) is 1. The number of hydrogen-bond donors (Lipinski definition) is 1. The SMILES string of the molecule is CCCCSSCC/N=C/c1cc(O)c(OC)cc1-c1cccs1. The number of hydrogen-bond acceptors (Lipinski definition) is 6. The number of nitrogens with zero attached hydrogens (tertiary/aromatic N) is 1. The third-order valence-corrected chi connectivity index (χ3v) is 6.71. The molecule has 1 aromatic carbocycles. The molecule has 3 nitrogen and oxygen atoms in total. The predicted octanol–water partition coefficient (Wildman–Crippen LogP) is 5.73. The van der Waals surface area contributed by atoms with Gasteiger partial charge >= 0.3 is 0 Å². The fourth-order valence-electron chi connectivity index (χ4n) is 2.07. The summed E-state index contributed by atoms with van der Waals surface area (Å²) in [5.74, 6) is 2.84. The molecule has 0 atom stereocenters. The smallest absolute Gasteiger partial charge is 0.161 e. The maximum absolute atomic E-state index is 10.0. The molecule has 0 aliphatic carbocycles. The molecule has 0 unspecified atom stereocenters. The molecule has 2 aromatic rings. The Morgan fingerprint density at radius 3 is 2.83 bits per heavy atom. The van der Waals surface area contributed by atoms with Gasteiger partial charge in [0.1, 0.15) is 0 Å². The molecule has 130 valence electrons. The Morgan fingerprint density at radius 2 is 2.12 bits per heavy atom. The molecule has 0 fully saturated rings. The van der Waals surface area contributed by atoms with Gasteiger partial charge in [-0.05, 0) is 30.0 Å². The van der Waals surface area contributed by atoms with Gasteiger partial charge < -0.3 is 9.84 Å². The van der Waals surface area contributed by atoms with Crippen molar-refractivity contribution < 1.29 is 9.84 Å². The summed E-state index contributed by atoms with van der Waals surface area (Å²) in [5.41, 5.74) is 1.95.